The van der Waals surface area contributed by atoms with Crippen molar-refractivity contribution in [1.29, 1.82) is 0 Å². The molecule has 11 heteroatoms. The van der Waals surface area contributed by atoms with Crippen molar-refractivity contribution in [2.75, 3.05) is 30.9 Å². The molecule has 1 aliphatic carbocycles. The Labute approximate surface area is 255 Å². The first-order valence-electron chi connectivity index (χ1n) is 14.7. The van der Waals surface area contributed by atoms with E-state index in [0.717, 1.165) is 48.0 Å². The molecule has 1 fully saturated rings. The zero-order chi connectivity index (χ0) is 31.1. The maximum absolute atomic E-state index is 12.8. The number of nitrogens with zero attached hydrogens (tertiary/aromatic N) is 4. The third kappa shape index (κ3) is 7.66. The van der Waals surface area contributed by atoms with Gasteiger partial charge in [-0.1, -0.05) is 42.5 Å². The molecule has 0 atom stereocenters. The zero-order valence-electron chi connectivity index (χ0n) is 24.9. The van der Waals surface area contributed by atoms with E-state index in [-0.39, 0.29) is 36.2 Å². The van der Waals surface area contributed by atoms with E-state index in [0.29, 0.717) is 18.2 Å². The normalized spacial score (nSPS) is 16.2. The SMILES string of the molecule is CN(C)c1nc(NC2CCC(CNC(=O)C(=O)Cc3cc(OCc4ccccc4)ccc3[N+](=O)[O-])CC2)nc2ccccc12. The zero-order valence-corrected chi connectivity index (χ0v) is 24.9. The quantitative estimate of drug-likeness (QED) is 0.130. The fourth-order valence-corrected chi connectivity index (χ4v) is 5.46. The summed E-state index contributed by atoms with van der Waals surface area (Å²) < 4.78 is 5.77. The number of carbonyl (C=O) groups excluding carboxylic acids is 2. The van der Waals surface area contributed by atoms with Crippen LogP contribution in [0.15, 0.2) is 72.8 Å². The van der Waals surface area contributed by atoms with E-state index in [1.807, 2.05) is 73.6 Å². The van der Waals surface area contributed by atoms with Gasteiger partial charge in [-0.3, -0.25) is 19.7 Å². The van der Waals surface area contributed by atoms with Crippen LogP contribution in [0.5, 0.6) is 5.75 Å². The highest BCUT2D eigenvalue weighted by Crippen LogP contribution is 2.29. The molecule has 0 saturated heterocycles. The van der Waals surface area contributed by atoms with Crippen molar-refractivity contribution >= 4 is 40.0 Å². The number of carbonyl (C=O) groups is 2. The number of Topliss-reactive ketones (excluding diaryl/α,β-unsaturated/α-hetero) is 1. The van der Waals surface area contributed by atoms with Crippen LogP contribution in [0.1, 0.15) is 36.8 Å². The van der Waals surface area contributed by atoms with E-state index in [2.05, 4.69) is 10.6 Å². The third-order valence-electron chi connectivity index (χ3n) is 7.84. The van der Waals surface area contributed by atoms with Crippen LogP contribution in [-0.4, -0.2) is 53.3 Å². The molecule has 44 heavy (non-hydrogen) atoms. The largest absolute Gasteiger partial charge is 0.489 e. The van der Waals surface area contributed by atoms with Crippen molar-refractivity contribution < 1.29 is 19.2 Å². The summed E-state index contributed by atoms with van der Waals surface area (Å²) in [5.41, 5.74) is 1.73. The van der Waals surface area contributed by atoms with Crippen LogP contribution in [0.25, 0.3) is 10.9 Å². The number of fused-ring (bicyclic) bond motifs is 1. The van der Waals surface area contributed by atoms with Gasteiger partial charge in [0, 0.05) is 50.1 Å². The second-order valence-corrected chi connectivity index (χ2v) is 11.3. The van der Waals surface area contributed by atoms with Crippen molar-refractivity contribution in [3.8, 4) is 5.75 Å². The summed E-state index contributed by atoms with van der Waals surface area (Å²) in [6.07, 6.45) is 3.11. The Morgan fingerprint density at radius 2 is 1.70 bits per heavy atom. The molecular formula is C33H36N6O5. The Morgan fingerprint density at radius 1 is 0.977 bits per heavy atom. The topological polar surface area (TPSA) is 140 Å². The summed E-state index contributed by atoms with van der Waals surface area (Å²) in [6, 6.07) is 21.9. The summed E-state index contributed by atoms with van der Waals surface area (Å²) in [4.78, 5) is 47.9. The molecule has 3 aromatic carbocycles. The molecule has 5 rings (SSSR count). The van der Waals surface area contributed by atoms with Gasteiger partial charge in [0.05, 0.1) is 10.4 Å². The fourth-order valence-electron chi connectivity index (χ4n) is 5.46. The van der Waals surface area contributed by atoms with Crippen LogP contribution in [0.4, 0.5) is 17.5 Å². The number of anilines is 2. The Kier molecular flexibility index (Phi) is 9.63. The van der Waals surface area contributed by atoms with Crippen molar-refractivity contribution in [3.63, 3.8) is 0 Å². The summed E-state index contributed by atoms with van der Waals surface area (Å²) in [6.45, 7) is 0.646. The Hall–Kier alpha value is -5.06. The highest BCUT2D eigenvalue weighted by molar-refractivity contribution is 6.36. The van der Waals surface area contributed by atoms with Gasteiger partial charge in [0.2, 0.25) is 11.7 Å². The van der Waals surface area contributed by atoms with Gasteiger partial charge in [0.15, 0.2) is 0 Å². The summed E-state index contributed by atoms with van der Waals surface area (Å²) >= 11 is 0. The minimum Gasteiger partial charge on any atom is -0.489 e. The van der Waals surface area contributed by atoms with Crippen LogP contribution in [0, 0.1) is 16.0 Å². The predicted molar refractivity (Wildman–Crippen MR) is 169 cm³/mol. The standard InChI is InChI=1S/C33H36N6O5/c1-38(2)31-27-10-6-7-11-28(27)36-33(37-31)35-25-14-12-22(13-15-25)20-34-32(41)30(40)19-24-18-26(16-17-29(24)39(42)43)44-21-23-8-4-3-5-9-23/h3-11,16-18,22,25H,12-15,19-21H2,1-2H3,(H,34,41)(H,35,36,37). The molecule has 2 N–H and O–H groups in total. The molecule has 0 unspecified atom stereocenters. The maximum Gasteiger partial charge on any atom is 0.287 e. The Bertz CT molecular complexity index is 1640. The van der Waals surface area contributed by atoms with E-state index < -0.39 is 16.6 Å². The Morgan fingerprint density at radius 3 is 2.43 bits per heavy atom. The summed E-state index contributed by atoms with van der Waals surface area (Å²) in [5, 5.41) is 18.8. The van der Waals surface area contributed by atoms with E-state index in [1.165, 1.54) is 18.2 Å². The van der Waals surface area contributed by atoms with Gasteiger partial charge in [-0.25, -0.2) is 4.98 Å². The van der Waals surface area contributed by atoms with Crippen molar-refractivity contribution in [2.24, 2.45) is 5.92 Å². The first-order valence-corrected chi connectivity index (χ1v) is 14.7. The minimum absolute atomic E-state index is 0.139. The van der Waals surface area contributed by atoms with Gasteiger partial charge in [-0.2, -0.15) is 4.98 Å². The van der Waals surface area contributed by atoms with Gasteiger partial charge in [0.25, 0.3) is 11.6 Å². The van der Waals surface area contributed by atoms with Crippen LogP contribution in [-0.2, 0) is 22.6 Å². The lowest BCUT2D eigenvalue weighted by atomic mass is 9.86. The highest BCUT2D eigenvalue weighted by atomic mass is 16.6. The first-order chi connectivity index (χ1) is 21.3. The highest BCUT2D eigenvalue weighted by Gasteiger charge is 2.25. The summed E-state index contributed by atoms with van der Waals surface area (Å²) in [5.74, 6) is 0.600. The first kappa shape index (κ1) is 30.4. The molecule has 228 valence electrons. The number of nitro benzene ring substituents is 1. The third-order valence-corrected chi connectivity index (χ3v) is 7.84. The van der Waals surface area contributed by atoms with Crippen LogP contribution >= 0.6 is 0 Å². The number of rotatable bonds is 12. The lowest BCUT2D eigenvalue weighted by molar-refractivity contribution is -0.385. The molecule has 1 amide bonds. The lowest BCUT2D eigenvalue weighted by Crippen LogP contribution is -2.38. The Balaban J connectivity index is 1.11. The van der Waals surface area contributed by atoms with Crippen LogP contribution in [0.2, 0.25) is 0 Å². The molecule has 0 radical (unpaired) electrons. The van der Waals surface area contributed by atoms with Gasteiger partial charge in [0.1, 0.15) is 18.2 Å². The van der Waals surface area contributed by atoms with Gasteiger partial charge >= 0.3 is 0 Å². The molecule has 0 bridgehead atoms. The number of ether oxygens (including phenoxy) is 1. The maximum atomic E-state index is 12.8. The average Bonchev–Trinajstić information content (AvgIpc) is 3.03. The molecule has 1 heterocycles. The number of hydrogen-bond acceptors (Lipinski definition) is 9. The molecule has 1 saturated carbocycles. The van der Waals surface area contributed by atoms with Crippen molar-refractivity contribution in [3.05, 3.63) is 94.0 Å². The molecule has 0 spiro atoms. The molecule has 4 aromatic rings. The molecule has 1 aromatic heterocycles. The van der Waals surface area contributed by atoms with Gasteiger partial charge in [-0.15, -0.1) is 0 Å². The average molecular weight is 597 g/mol. The van der Waals surface area contributed by atoms with E-state index >= 15 is 0 Å². The van der Waals surface area contributed by atoms with Crippen LogP contribution in [0.3, 0.4) is 0 Å². The van der Waals surface area contributed by atoms with Gasteiger partial charge in [-0.05, 0) is 61.4 Å². The number of para-hydroxylation sites is 1. The number of amides is 1. The monoisotopic (exact) mass is 596 g/mol. The lowest BCUT2D eigenvalue weighted by Gasteiger charge is -2.29. The second kappa shape index (κ2) is 13.9. The number of nitrogens with one attached hydrogen (secondary N) is 2. The fraction of sp³-hybridized carbons (Fsp3) is 0.333. The van der Waals surface area contributed by atoms with E-state index in [9.17, 15) is 19.7 Å². The number of hydrogen-bond donors (Lipinski definition) is 2. The molecular weight excluding hydrogens is 560 g/mol. The molecule has 0 aliphatic heterocycles. The van der Waals surface area contributed by atoms with Gasteiger partial charge < -0.3 is 20.3 Å². The predicted octanol–water partition coefficient (Wildman–Crippen LogP) is 5.08. The number of ketones is 1. The van der Waals surface area contributed by atoms with E-state index in [1.54, 1.807) is 0 Å². The van der Waals surface area contributed by atoms with Crippen molar-refractivity contribution in [1.82, 2.24) is 15.3 Å². The minimum atomic E-state index is -0.740. The summed E-state index contributed by atoms with van der Waals surface area (Å²) in [7, 11) is 3.92. The molecule has 11 nitrogen and oxygen atoms in total. The second-order valence-electron chi connectivity index (χ2n) is 11.3. The van der Waals surface area contributed by atoms with Crippen molar-refractivity contribution in [2.45, 2.75) is 44.8 Å². The smallest absolute Gasteiger partial charge is 0.287 e. The number of aromatic nitrogens is 2. The number of benzene rings is 3. The number of nitro groups is 1. The van der Waals surface area contributed by atoms with Crippen LogP contribution < -0.4 is 20.3 Å². The van der Waals surface area contributed by atoms with E-state index in [4.69, 9.17) is 14.7 Å². The molecule has 1 aliphatic rings.